The molecule has 0 aliphatic rings. The summed E-state index contributed by atoms with van der Waals surface area (Å²) < 4.78 is 44.4. The van der Waals surface area contributed by atoms with Crippen LogP contribution in [-0.4, -0.2) is 42.2 Å². The molecule has 0 unspecified atom stereocenters. The highest BCUT2D eigenvalue weighted by Gasteiger charge is 2.31. The lowest BCUT2D eigenvalue weighted by Gasteiger charge is -2.26. The monoisotopic (exact) mass is 504 g/mol. The van der Waals surface area contributed by atoms with Crippen molar-refractivity contribution >= 4 is 38.9 Å². The van der Waals surface area contributed by atoms with Gasteiger partial charge in [-0.05, 0) is 48.9 Å². The van der Waals surface area contributed by atoms with E-state index in [0.717, 1.165) is 9.87 Å². The van der Waals surface area contributed by atoms with Crippen LogP contribution in [0.2, 0.25) is 5.02 Å². The van der Waals surface area contributed by atoms with Crippen LogP contribution in [0.15, 0.2) is 65.6 Å². The smallest absolute Gasteiger partial charge is 0.265 e. The lowest BCUT2D eigenvalue weighted by molar-refractivity contribution is -0.114. The van der Waals surface area contributed by atoms with Crippen molar-refractivity contribution in [1.29, 1.82) is 0 Å². The molecule has 0 heterocycles. The molecule has 8 nitrogen and oxygen atoms in total. The van der Waals surface area contributed by atoms with E-state index in [1.807, 2.05) is 19.1 Å². The molecule has 3 aromatic carbocycles. The largest absolute Gasteiger partial charge is 0.495 e. The molecule has 3 aromatic rings. The highest BCUT2D eigenvalue weighted by atomic mass is 35.5. The van der Waals surface area contributed by atoms with Crippen molar-refractivity contribution in [1.82, 2.24) is 0 Å². The fourth-order valence-corrected chi connectivity index (χ4v) is 4.90. The van der Waals surface area contributed by atoms with E-state index in [1.54, 1.807) is 18.2 Å². The maximum atomic E-state index is 13.8. The molecule has 1 amide bonds. The Bertz CT molecular complexity index is 1300. The number of rotatable bonds is 9. The van der Waals surface area contributed by atoms with E-state index in [1.165, 1.54) is 51.7 Å². The molecule has 0 fully saturated rings. The average Bonchev–Trinajstić information content (AvgIpc) is 2.83. The number of benzene rings is 3. The zero-order chi connectivity index (χ0) is 24.9. The van der Waals surface area contributed by atoms with E-state index in [-0.39, 0.29) is 27.1 Å². The summed E-state index contributed by atoms with van der Waals surface area (Å²) >= 11 is 6.17. The normalized spacial score (nSPS) is 11.0. The Morgan fingerprint density at radius 3 is 2.21 bits per heavy atom. The number of aryl methyl sites for hydroxylation is 1. The molecule has 3 rings (SSSR count). The van der Waals surface area contributed by atoms with Gasteiger partial charge in [-0.25, -0.2) is 8.42 Å². The van der Waals surface area contributed by atoms with Crippen molar-refractivity contribution in [3.8, 4) is 17.2 Å². The number of nitrogens with one attached hydrogen (secondary N) is 1. The number of carbonyl (C=O) groups excluding carboxylic acids is 1. The minimum Gasteiger partial charge on any atom is -0.495 e. The second-order valence-electron chi connectivity index (χ2n) is 7.21. The number of halogens is 1. The third kappa shape index (κ3) is 5.37. The van der Waals surface area contributed by atoms with Gasteiger partial charge in [-0.3, -0.25) is 9.10 Å². The Hall–Kier alpha value is -3.43. The highest BCUT2D eigenvalue weighted by Crippen LogP contribution is 2.37. The van der Waals surface area contributed by atoms with E-state index in [2.05, 4.69) is 5.32 Å². The summed E-state index contributed by atoms with van der Waals surface area (Å²) in [4.78, 5) is 12.9. The van der Waals surface area contributed by atoms with E-state index in [4.69, 9.17) is 25.8 Å². The van der Waals surface area contributed by atoms with Crippen LogP contribution < -0.4 is 23.8 Å². The molecule has 1 N–H and O–H groups in total. The van der Waals surface area contributed by atoms with Crippen LogP contribution in [0.3, 0.4) is 0 Å². The van der Waals surface area contributed by atoms with Gasteiger partial charge in [0, 0.05) is 16.8 Å². The van der Waals surface area contributed by atoms with Gasteiger partial charge in [-0.1, -0.05) is 29.8 Å². The van der Waals surface area contributed by atoms with Crippen molar-refractivity contribution < 1.29 is 27.4 Å². The molecule has 0 saturated heterocycles. The van der Waals surface area contributed by atoms with Gasteiger partial charge in [-0.2, -0.15) is 0 Å². The molecule has 34 heavy (non-hydrogen) atoms. The number of carbonyl (C=O) groups is 1. The number of amides is 1. The van der Waals surface area contributed by atoms with E-state index < -0.39 is 22.5 Å². The van der Waals surface area contributed by atoms with Gasteiger partial charge in [0.15, 0.2) is 11.5 Å². The summed E-state index contributed by atoms with van der Waals surface area (Å²) in [6.45, 7) is 1.31. The van der Waals surface area contributed by atoms with Crippen molar-refractivity contribution in [2.45, 2.75) is 11.8 Å². The summed E-state index contributed by atoms with van der Waals surface area (Å²) in [5, 5.41) is 3.04. The van der Waals surface area contributed by atoms with Gasteiger partial charge < -0.3 is 19.5 Å². The topological polar surface area (TPSA) is 94.2 Å². The number of ether oxygens (including phenoxy) is 3. The zero-order valence-electron chi connectivity index (χ0n) is 19.2. The number of methoxy groups -OCH3 is 3. The van der Waals surface area contributed by atoms with Crippen molar-refractivity contribution in [2.75, 3.05) is 37.5 Å². The van der Waals surface area contributed by atoms with Crippen LogP contribution in [0.4, 0.5) is 11.4 Å². The second-order valence-corrected chi connectivity index (χ2v) is 9.51. The molecule has 180 valence electrons. The average molecular weight is 505 g/mol. The van der Waals surface area contributed by atoms with Crippen LogP contribution in [-0.2, 0) is 14.8 Å². The minimum absolute atomic E-state index is 0.101. The first kappa shape index (κ1) is 25.2. The third-order valence-electron chi connectivity index (χ3n) is 5.06. The first-order valence-corrected chi connectivity index (χ1v) is 12.0. The van der Waals surface area contributed by atoms with Crippen molar-refractivity contribution in [3.05, 3.63) is 71.2 Å². The van der Waals surface area contributed by atoms with Crippen LogP contribution >= 0.6 is 11.6 Å². The standard InChI is InChI=1S/C24H25ClN2O6S/c1-16-7-5-6-8-19(16)26-24(28)15-27(20-13-17(25)9-11-21(20)31-2)34(29,30)18-10-12-22(32-3)23(14-18)33-4/h5-14H,15H2,1-4H3,(H,26,28). The molecule has 0 aliphatic heterocycles. The molecule has 0 bridgehead atoms. The molecule has 0 aromatic heterocycles. The molecule has 0 radical (unpaired) electrons. The quantitative estimate of drug-likeness (QED) is 0.461. The van der Waals surface area contributed by atoms with Crippen molar-refractivity contribution in [2.24, 2.45) is 0 Å². The Balaban J connectivity index is 2.09. The van der Waals surface area contributed by atoms with Gasteiger partial charge in [0.05, 0.1) is 31.9 Å². The molecule has 0 spiro atoms. The first-order chi connectivity index (χ1) is 16.2. The second kappa shape index (κ2) is 10.7. The summed E-state index contributed by atoms with van der Waals surface area (Å²) in [7, 11) is -0.00221. The number of hydrogen-bond donors (Lipinski definition) is 1. The van der Waals surface area contributed by atoms with Gasteiger partial charge in [0.1, 0.15) is 12.3 Å². The van der Waals surface area contributed by atoms with Gasteiger partial charge in [0.25, 0.3) is 10.0 Å². The number of hydrogen-bond acceptors (Lipinski definition) is 6. The highest BCUT2D eigenvalue weighted by molar-refractivity contribution is 7.92. The fraction of sp³-hybridized carbons (Fsp3) is 0.208. The molecule has 0 atom stereocenters. The Morgan fingerprint density at radius 1 is 0.912 bits per heavy atom. The van der Waals surface area contributed by atoms with Crippen LogP contribution in [0.5, 0.6) is 17.2 Å². The molecule has 0 saturated carbocycles. The number of para-hydroxylation sites is 1. The molecular weight excluding hydrogens is 480 g/mol. The fourth-order valence-electron chi connectivity index (χ4n) is 3.30. The van der Waals surface area contributed by atoms with E-state index >= 15 is 0 Å². The van der Waals surface area contributed by atoms with Crippen LogP contribution in [0.25, 0.3) is 0 Å². The summed E-state index contributed by atoms with van der Waals surface area (Å²) in [6.07, 6.45) is 0. The van der Waals surface area contributed by atoms with Crippen LogP contribution in [0, 0.1) is 6.92 Å². The molecule has 0 aliphatic carbocycles. The number of sulfonamides is 1. The lowest BCUT2D eigenvalue weighted by Crippen LogP contribution is -2.38. The third-order valence-corrected chi connectivity index (χ3v) is 7.05. The molecule has 10 heteroatoms. The molecular formula is C24H25ClN2O6S. The van der Waals surface area contributed by atoms with Gasteiger partial charge in [-0.15, -0.1) is 0 Å². The predicted molar refractivity (Wildman–Crippen MR) is 132 cm³/mol. The number of anilines is 2. The predicted octanol–water partition coefficient (Wildman–Crippen LogP) is 4.51. The Kier molecular flexibility index (Phi) is 7.90. The van der Waals surface area contributed by atoms with Crippen molar-refractivity contribution in [3.63, 3.8) is 0 Å². The first-order valence-electron chi connectivity index (χ1n) is 10.1. The lowest BCUT2D eigenvalue weighted by atomic mass is 10.2. The maximum absolute atomic E-state index is 13.8. The maximum Gasteiger partial charge on any atom is 0.265 e. The van der Waals surface area contributed by atoms with E-state index in [0.29, 0.717) is 11.4 Å². The summed E-state index contributed by atoms with van der Waals surface area (Å²) in [6, 6.07) is 15.9. The minimum atomic E-state index is -4.26. The van der Waals surface area contributed by atoms with Crippen LogP contribution in [0.1, 0.15) is 5.56 Å². The zero-order valence-corrected chi connectivity index (χ0v) is 20.7. The Labute approximate surface area is 204 Å². The van der Waals surface area contributed by atoms with Gasteiger partial charge in [0.2, 0.25) is 5.91 Å². The number of nitrogens with zero attached hydrogens (tertiary/aromatic N) is 1. The summed E-state index contributed by atoms with van der Waals surface area (Å²) in [5.74, 6) is 0.286. The Morgan fingerprint density at radius 2 is 1.56 bits per heavy atom. The summed E-state index contributed by atoms with van der Waals surface area (Å²) in [5.41, 5.74) is 1.53. The SMILES string of the molecule is COc1ccc(S(=O)(=O)N(CC(=O)Nc2ccccc2C)c2cc(Cl)ccc2OC)cc1OC. The van der Waals surface area contributed by atoms with E-state index in [9.17, 15) is 13.2 Å². The van der Waals surface area contributed by atoms with Gasteiger partial charge >= 0.3 is 0 Å².